The number of hydrogen-bond acceptors (Lipinski definition) is 9. The van der Waals surface area contributed by atoms with Crippen molar-refractivity contribution >= 4 is 39.9 Å². The summed E-state index contributed by atoms with van der Waals surface area (Å²) in [6.07, 6.45) is 6.83. The average molecular weight is 977 g/mol. The fourth-order valence-electron chi connectivity index (χ4n) is 10.8. The molecule has 9 rings (SSSR count). The van der Waals surface area contributed by atoms with Crippen molar-refractivity contribution in [2.45, 2.75) is 97.3 Å². The van der Waals surface area contributed by atoms with E-state index in [1.807, 2.05) is 70.0 Å². The van der Waals surface area contributed by atoms with E-state index in [1.165, 1.54) is 15.8 Å². The number of benzene rings is 3. The van der Waals surface area contributed by atoms with Crippen LogP contribution in [0.15, 0.2) is 95.7 Å². The van der Waals surface area contributed by atoms with Gasteiger partial charge in [0.15, 0.2) is 0 Å². The normalized spacial score (nSPS) is 21.4. The zero-order valence-electron chi connectivity index (χ0n) is 41.6. The lowest BCUT2D eigenvalue weighted by Crippen LogP contribution is -2.72. The Morgan fingerprint density at radius 3 is 2.44 bits per heavy atom. The van der Waals surface area contributed by atoms with E-state index < -0.39 is 24.9 Å². The van der Waals surface area contributed by atoms with E-state index in [1.54, 1.807) is 30.5 Å². The molecule has 378 valence electrons. The molecule has 3 N–H and O–H groups in total. The van der Waals surface area contributed by atoms with Gasteiger partial charge in [-0.15, -0.1) is 0 Å². The van der Waals surface area contributed by atoms with Crippen molar-refractivity contribution < 1.29 is 31.6 Å². The highest BCUT2D eigenvalue weighted by molar-refractivity contribution is 5.94. The van der Waals surface area contributed by atoms with Gasteiger partial charge >= 0.3 is 6.18 Å². The van der Waals surface area contributed by atoms with Crippen molar-refractivity contribution in [1.82, 2.24) is 24.8 Å². The SMILES string of the molecule is CC.Cc1noc(C)c1C(/C=C\Cc1cccc(N2CC3(CN(CC4CCC(Oc5ccc(NCC#Cc6cc7c(NC8CCN(C)CC8F)cccc7n6CC(F)(F)F)cc5)CC4)C3)C2)c1)=C/NC=O. The Bertz CT molecular complexity index is 2680. The topological polar surface area (TPSA) is 103 Å². The first-order valence-electron chi connectivity index (χ1n) is 25.1. The minimum Gasteiger partial charge on any atom is -0.490 e. The van der Waals surface area contributed by atoms with Gasteiger partial charge in [-0.05, 0) is 131 Å². The van der Waals surface area contributed by atoms with E-state index in [0.29, 0.717) is 53.1 Å². The summed E-state index contributed by atoms with van der Waals surface area (Å²) in [5, 5.41) is 13.8. The molecule has 15 heteroatoms. The summed E-state index contributed by atoms with van der Waals surface area (Å²) in [6.45, 7) is 13.5. The highest BCUT2D eigenvalue weighted by Gasteiger charge is 2.52. The Kier molecular flexibility index (Phi) is 16.5. The molecule has 3 aliphatic heterocycles. The Labute approximate surface area is 415 Å². The Morgan fingerprint density at radius 1 is 0.972 bits per heavy atom. The van der Waals surface area contributed by atoms with Gasteiger partial charge in [-0.1, -0.05) is 55.3 Å². The monoisotopic (exact) mass is 977 g/mol. The highest BCUT2D eigenvalue weighted by atomic mass is 19.4. The zero-order chi connectivity index (χ0) is 50.1. The van der Waals surface area contributed by atoms with Gasteiger partial charge in [-0.25, -0.2) is 4.39 Å². The third-order valence-corrected chi connectivity index (χ3v) is 14.2. The van der Waals surface area contributed by atoms with Crippen LogP contribution in [0.4, 0.5) is 34.6 Å². The number of carbonyl (C=O) groups excluding carboxylic acids is 1. The number of amides is 1. The Balaban J connectivity index is 0.00000334. The van der Waals surface area contributed by atoms with Crippen LogP contribution in [0.3, 0.4) is 0 Å². The van der Waals surface area contributed by atoms with Gasteiger partial charge in [-0.3, -0.25) is 4.79 Å². The maximum Gasteiger partial charge on any atom is 0.406 e. The Hall–Kier alpha value is -6.24. The molecule has 5 heterocycles. The second-order valence-electron chi connectivity index (χ2n) is 19.6. The fourth-order valence-corrected chi connectivity index (χ4v) is 10.8. The predicted molar refractivity (Wildman–Crippen MR) is 275 cm³/mol. The minimum absolute atomic E-state index is 0.183. The summed E-state index contributed by atoms with van der Waals surface area (Å²) in [7, 11) is 1.88. The van der Waals surface area contributed by atoms with Gasteiger partial charge in [-0.2, -0.15) is 13.2 Å². The van der Waals surface area contributed by atoms with Crippen molar-refractivity contribution in [3.05, 3.63) is 119 Å². The number of anilines is 3. The van der Waals surface area contributed by atoms with Gasteiger partial charge in [0.25, 0.3) is 0 Å². The molecule has 3 aromatic carbocycles. The van der Waals surface area contributed by atoms with Crippen molar-refractivity contribution in [2.24, 2.45) is 11.3 Å². The largest absolute Gasteiger partial charge is 0.490 e. The van der Waals surface area contributed by atoms with Crippen LogP contribution in [0.25, 0.3) is 16.5 Å². The molecule has 4 aliphatic rings. The summed E-state index contributed by atoms with van der Waals surface area (Å²) in [5.74, 6) is 8.18. The van der Waals surface area contributed by atoms with E-state index in [0.717, 1.165) is 99.6 Å². The lowest BCUT2D eigenvalue weighted by Gasteiger charge is -2.61. The average Bonchev–Trinajstić information content (AvgIpc) is 3.85. The number of halogens is 4. The molecule has 0 radical (unpaired) electrons. The lowest BCUT2D eigenvalue weighted by atomic mass is 9.72. The smallest absolute Gasteiger partial charge is 0.406 e. The molecule has 2 unspecified atom stereocenters. The highest BCUT2D eigenvalue weighted by Crippen LogP contribution is 2.43. The zero-order valence-corrected chi connectivity index (χ0v) is 41.6. The minimum atomic E-state index is -4.44. The molecule has 1 saturated carbocycles. The van der Waals surface area contributed by atoms with E-state index in [4.69, 9.17) is 9.26 Å². The molecule has 4 fully saturated rings. The van der Waals surface area contributed by atoms with Crippen molar-refractivity contribution in [3.63, 3.8) is 0 Å². The first-order valence-corrected chi connectivity index (χ1v) is 25.1. The number of hydrogen-bond donors (Lipinski definition) is 3. The van der Waals surface area contributed by atoms with Crippen molar-refractivity contribution in [2.75, 3.05) is 74.9 Å². The molecule has 11 nitrogen and oxygen atoms in total. The van der Waals surface area contributed by atoms with Crippen LogP contribution in [0.1, 0.15) is 74.2 Å². The number of rotatable bonds is 16. The van der Waals surface area contributed by atoms with Gasteiger partial charge in [0.05, 0.1) is 35.6 Å². The van der Waals surface area contributed by atoms with E-state index >= 15 is 0 Å². The molecule has 1 amide bonds. The molecular weight excluding hydrogens is 909 g/mol. The number of aromatic nitrogens is 2. The second-order valence-corrected chi connectivity index (χ2v) is 19.6. The number of allylic oxidation sites excluding steroid dienone is 3. The van der Waals surface area contributed by atoms with Crippen molar-refractivity contribution in [1.29, 1.82) is 0 Å². The van der Waals surface area contributed by atoms with Crippen LogP contribution in [-0.2, 0) is 17.8 Å². The molecule has 71 heavy (non-hydrogen) atoms. The summed E-state index contributed by atoms with van der Waals surface area (Å²) in [5.41, 5.74) is 7.50. The number of carbonyl (C=O) groups is 1. The summed E-state index contributed by atoms with van der Waals surface area (Å²) in [6, 6.07) is 22.9. The summed E-state index contributed by atoms with van der Waals surface area (Å²) < 4.78 is 69.1. The standard InChI is InChI=1S/C54H62F4N8O3.C2H6/c1-37-52(38(2)69-62-37)41(28-59-36-67)10-4-8-39-9-5-11-43(26-39)65-33-53(34-65)31-64(32-53)29-40-15-19-45(20-16-40)68-46-21-17-42(18-22-46)60-24-7-12-44-27-47-49(61-50-23-25-63(3)30-48(50)55)13-6-14-51(47)66(44)35-54(56,57)58;1-2/h4-6,9-11,13-14,17-18,21-22,26-28,36,40,45,48,50,60-61H,8,15-16,19-20,23-25,29-35H2,1-3H3,(H,59,67);1-2H3/b10-4-,41-28+;. The first-order chi connectivity index (χ1) is 34.3. The Morgan fingerprint density at radius 2 is 1.73 bits per heavy atom. The van der Waals surface area contributed by atoms with Gasteiger partial charge in [0, 0.05) is 91.0 Å². The second kappa shape index (κ2) is 22.9. The number of likely N-dealkylation sites (tertiary alicyclic amines) is 2. The van der Waals surface area contributed by atoms with Gasteiger partial charge in [0.1, 0.15) is 24.2 Å². The quantitative estimate of drug-likeness (QED) is 0.0386. The molecule has 0 bridgehead atoms. The molecule has 2 atom stereocenters. The van der Waals surface area contributed by atoms with Crippen LogP contribution in [-0.4, -0.2) is 110 Å². The number of nitrogens with zero attached hydrogens (tertiary/aromatic N) is 5. The number of alkyl halides is 4. The van der Waals surface area contributed by atoms with Crippen LogP contribution < -0.4 is 25.6 Å². The summed E-state index contributed by atoms with van der Waals surface area (Å²) in [4.78, 5) is 18.1. The number of ether oxygens (including phenoxy) is 1. The van der Waals surface area contributed by atoms with Crippen LogP contribution >= 0.6 is 0 Å². The maximum atomic E-state index is 14.9. The van der Waals surface area contributed by atoms with Crippen LogP contribution in [0.2, 0.25) is 0 Å². The third kappa shape index (κ3) is 12.8. The first kappa shape index (κ1) is 51.1. The molecule has 1 aliphatic carbocycles. The molecule has 3 saturated heterocycles. The fraction of sp³-hybridized carbons (Fsp3) is 0.464. The van der Waals surface area contributed by atoms with Gasteiger partial charge in [0.2, 0.25) is 6.41 Å². The van der Waals surface area contributed by atoms with Crippen molar-refractivity contribution in [3.8, 4) is 17.6 Å². The molecular formula is C56H68F4N8O3. The number of fused-ring (bicyclic) bond motifs is 1. The third-order valence-electron chi connectivity index (χ3n) is 14.2. The maximum absolute atomic E-state index is 14.9. The molecule has 5 aromatic rings. The summed E-state index contributed by atoms with van der Waals surface area (Å²) >= 11 is 0. The van der Waals surface area contributed by atoms with Crippen LogP contribution in [0.5, 0.6) is 5.75 Å². The number of piperidine rings is 1. The van der Waals surface area contributed by atoms with E-state index in [9.17, 15) is 22.4 Å². The molecule has 1 spiro atoms. The van der Waals surface area contributed by atoms with E-state index in [-0.39, 0.29) is 18.3 Å². The predicted octanol–water partition coefficient (Wildman–Crippen LogP) is 10.4. The van der Waals surface area contributed by atoms with Gasteiger partial charge < -0.3 is 44.5 Å². The van der Waals surface area contributed by atoms with E-state index in [2.05, 4.69) is 73.1 Å². The number of nitrogens with one attached hydrogen (secondary N) is 3. The van der Waals surface area contributed by atoms with Crippen LogP contribution in [0, 0.1) is 37.0 Å². The lowest BCUT2D eigenvalue weighted by molar-refractivity contribution is -0.140. The number of aryl methyl sites for hydroxylation is 2. The molecule has 2 aromatic heterocycles.